The van der Waals surface area contributed by atoms with Crippen LogP contribution in [0.5, 0.6) is 17.2 Å². The Labute approximate surface area is 207 Å². The quantitative estimate of drug-likeness (QED) is 0.365. The molecule has 1 aromatic heterocycles. The summed E-state index contributed by atoms with van der Waals surface area (Å²) in [6.45, 7) is 0.171. The van der Waals surface area contributed by atoms with E-state index >= 15 is 0 Å². The first-order valence-corrected chi connectivity index (χ1v) is 11.1. The van der Waals surface area contributed by atoms with E-state index in [0.29, 0.717) is 39.6 Å². The highest BCUT2D eigenvalue weighted by Gasteiger charge is 2.18. The number of ether oxygens (including phenoxy) is 3. The SMILES string of the molecule is COc1ccc(NC(=O)N(Cc2ccc(F)cc2)Cc2cc3cc(OC)c(OC)cc3[nH]c2=O)cc1. The van der Waals surface area contributed by atoms with Crippen LogP contribution in [0.4, 0.5) is 14.9 Å². The summed E-state index contributed by atoms with van der Waals surface area (Å²) in [6, 6.07) is 17.5. The number of anilines is 1. The minimum atomic E-state index is -0.420. The average Bonchev–Trinajstić information content (AvgIpc) is 2.89. The van der Waals surface area contributed by atoms with Crippen LogP contribution >= 0.6 is 0 Å². The Balaban J connectivity index is 1.66. The van der Waals surface area contributed by atoms with E-state index in [-0.39, 0.29) is 24.5 Å². The highest BCUT2D eigenvalue weighted by Crippen LogP contribution is 2.31. The molecular formula is C27H26FN3O5. The Kier molecular flexibility index (Phi) is 7.39. The zero-order chi connectivity index (χ0) is 25.7. The van der Waals surface area contributed by atoms with E-state index in [1.807, 2.05) is 0 Å². The molecule has 186 valence electrons. The molecule has 0 aliphatic carbocycles. The summed E-state index contributed by atoms with van der Waals surface area (Å²) in [7, 11) is 4.61. The van der Waals surface area contributed by atoms with Crippen molar-refractivity contribution in [3.8, 4) is 17.2 Å². The van der Waals surface area contributed by atoms with Crippen LogP contribution in [-0.2, 0) is 13.1 Å². The standard InChI is InChI=1S/C27H26FN3O5/c1-34-22-10-8-21(9-11-22)29-27(33)31(15-17-4-6-20(28)7-5-17)16-19-12-18-13-24(35-2)25(36-3)14-23(18)30-26(19)32/h4-14H,15-16H2,1-3H3,(H,29,33)(H,30,32). The molecule has 0 saturated heterocycles. The molecule has 0 fully saturated rings. The summed E-state index contributed by atoms with van der Waals surface area (Å²) in [4.78, 5) is 30.5. The molecule has 2 amide bonds. The summed E-state index contributed by atoms with van der Waals surface area (Å²) in [5.41, 5.74) is 1.89. The van der Waals surface area contributed by atoms with E-state index in [0.717, 1.165) is 5.39 Å². The molecule has 9 heteroatoms. The molecule has 3 aromatic carbocycles. The Morgan fingerprint density at radius 1 is 0.889 bits per heavy atom. The van der Waals surface area contributed by atoms with Gasteiger partial charge in [0.1, 0.15) is 11.6 Å². The number of carbonyl (C=O) groups excluding carboxylic acids is 1. The number of nitrogens with one attached hydrogen (secondary N) is 2. The Hall–Kier alpha value is -4.53. The number of methoxy groups -OCH3 is 3. The van der Waals surface area contributed by atoms with Crippen molar-refractivity contribution in [2.24, 2.45) is 0 Å². The molecule has 0 saturated carbocycles. The van der Waals surface area contributed by atoms with Gasteiger partial charge in [0.15, 0.2) is 11.5 Å². The van der Waals surface area contributed by atoms with Gasteiger partial charge in [-0.05, 0) is 54.1 Å². The lowest BCUT2D eigenvalue weighted by Gasteiger charge is -2.23. The van der Waals surface area contributed by atoms with E-state index in [9.17, 15) is 14.0 Å². The predicted octanol–water partition coefficient (Wildman–Crippen LogP) is 4.93. The van der Waals surface area contributed by atoms with E-state index in [4.69, 9.17) is 14.2 Å². The number of rotatable bonds is 8. The number of amides is 2. The molecule has 0 radical (unpaired) electrons. The second-order valence-corrected chi connectivity index (χ2v) is 8.06. The van der Waals surface area contributed by atoms with Crippen LogP contribution in [0.15, 0.2) is 71.5 Å². The number of aromatic nitrogens is 1. The maximum absolute atomic E-state index is 13.4. The number of hydrogen-bond donors (Lipinski definition) is 2. The molecule has 36 heavy (non-hydrogen) atoms. The summed E-state index contributed by atoms with van der Waals surface area (Å²) in [5, 5.41) is 3.57. The lowest BCUT2D eigenvalue weighted by Crippen LogP contribution is -2.35. The van der Waals surface area contributed by atoms with Gasteiger partial charge < -0.3 is 29.4 Å². The zero-order valence-corrected chi connectivity index (χ0v) is 20.1. The number of halogens is 1. The van der Waals surface area contributed by atoms with Gasteiger partial charge in [-0.1, -0.05) is 12.1 Å². The third kappa shape index (κ3) is 5.57. The van der Waals surface area contributed by atoms with Crippen molar-refractivity contribution < 1.29 is 23.4 Å². The fraction of sp³-hybridized carbons (Fsp3) is 0.185. The van der Waals surface area contributed by atoms with Gasteiger partial charge in [-0.15, -0.1) is 0 Å². The Morgan fingerprint density at radius 2 is 1.56 bits per heavy atom. The van der Waals surface area contributed by atoms with Crippen LogP contribution in [0.25, 0.3) is 10.9 Å². The fourth-order valence-corrected chi connectivity index (χ4v) is 3.79. The Morgan fingerprint density at radius 3 is 2.19 bits per heavy atom. The molecule has 0 aliphatic rings. The second-order valence-electron chi connectivity index (χ2n) is 8.06. The van der Waals surface area contributed by atoms with Crippen molar-refractivity contribution >= 4 is 22.6 Å². The molecule has 0 aliphatic heterocycles. The predicted molar refractivity (Wildman–Crippen MR) is 135 cm³/mol. The van der Waals surface area contributed by atoms with E-state index < -0.39 is 6.03 Å². The molecule has 1 heterocycles. The number of aromatic amines is 1. The first-order valence-electron chi connectivity index (χ1n) is 11.1. The molecule has 4 aromatic rings. The number of benzene rings is 3. The largest absolute Gasteiger partial charge is 0.497 e. The van der Waals surface area contributed by atoms with Gasteiger partial charge >= 0.3 is 6.03 Å². The molecule has 4 rings (SSSR count). The van der Waals surface area contributed by atoms with Gasteiger partial charge in [-0.2, -0.15) is 0 Å². The van der Waals surface area contributed by atoms with Crippen molar-refractivity contribution in [2.75, 3.05) is 26.6 Å². The first kappa shape index (κ1) is 24.6. The highest BCUT2D eigenvalue weighted by molar-refractivity contribution is 5.89. The molecule has 0 atom stereocenters. The minimum Gasteiger partial charge on any atom is -0.497 e. The van der Waals surface area contributed by atoms with Gasteiger partial charge in [0.2, 0.25) is 0 Å². The summed E-state index contributed by atoms with van der Waals surface area (Å²) in [5.74, 6) is 1.29. The maximum Gasteiger partial charge on any atom is 0.322 e. The lowest BCUT2D eigenvalue weighted by atomic mass is 10.1. The smallest absolute Gasteiger partial charge is 0.322 e. The van der Waals surface area contributed by atoms with E-state index in [1.165, 1.54) is 31.3 Å². The number of urea groups is 1. The van der Waals surface area contributed by atoms with Gasteiger partial charge in [-0.25, -0.2) is 9.18 Å². The second kappa shape index (κ2) is 10.8. The monoisotopic (exact) mass is 491 g/mol. The van der Waals surface area contributed by atoms with Crippen molar-refractivity contribution in [3.05, 3.63) is 94.0 Å². The zero-order valence-electron chi connectivity index (χ0n) is 20.1. The van der Waals surface area contributed by atoms with Gasteiger partial charge in [0.25, 0.3) is 5.56 Å². The highest BCUT2D eigenvalue weighted by atomic mass is 19.1. The lowest BCUT2D eigenvalue weighted by molar-refractivity contribution is 0.206. The molecule has 0 unspecified atom stereocenters. The van der Waals surface area contributed by atoms with Crippen LogP contribution in [0.3, 0.4) is 0 Å². The van der Waals surface area contributed by atoms with Crippen LogP contribution < -0.4 is 25.1 Å². The van der Waals surface area contributed by atoms with Crippen molar-refractivity contribution in [3.63, 3.8) is 0 Å². The third-order valence-corrected chi connectivity index (χ3v) is 5.70. The van der Waals surface area contributed by atoms with Crippen LogP contribution in [0, 0.1) is 5.82 Å². The van der Waals surface area contributed by atoms with Crippen LogP contribution in [0.2, 0.25) is 0 Å². The first-order chi connectivity index (χ1) is 17.4. The number of hydrogen-bond acceptors (Lipinski definition) is 5. The molecule has 0 bridgehead atoms. The molecule has 0 spiro atoms. The fourth-order valence-electron chi connectivity index (χ4n) is 3.79. The minimum absolute atomic E-state index is 0.0129. The summed E-state index contributed by atoms with van der Waals surface area (Å²) >= 11 is 0. The summed E-state index contributed by atoms with van der Waals surface area (Å²) in [6.07, 6.45) is 0. The van der Waals surface area contributed by atoms with Crippen molar-refractivity contribution in [1.29, 1.82) is 0 Å². The molecule has 8 nitrogen and oxygen atoms in total. The van der Waals surface area contributed by atoms with E-state index in [1.54, 1.807) is 61.7 Å². The van der Waals surface area contributed by atoms with Crippen LogP contribution in [-0.4, -0.2) is 37.2 Å². The molecular weight excluding hydrogens is 465 g/mol. The number of pyridine rings is 1. The topological polar surface area (TPSA) is 92.9 Å². The van der Waals surface area contributed by atoms with Gasteiger partial charge in [0, 0.05) is 29.2 Å². The number of fused-ring (bicyclic) bond motifs is 1. The summed E-state index contributed by atoms with van der Waals surface area (Å²) < 4.78 is 29.3. The normalized spacial score (nSPS) is 10.7. The van der Waals surface area contributed by atoms with Gasteiger partial charge in [-0.3, -0.25) is 4.79 Å². The maximum atomic E-state index is 13.4. The molecule has 2 N–H and O–H groups in total. The third-order valence-electron chi connectivity index (χ3n) is 5.70. The Bertz CT molecular complexity index is 1420. The number of nitrogens with zero attached hydrogens (tertiary/aromatic N) is 1. The van der Waals surface area contributed by atoms with E-state index in [2.05, 4.69) is 10.3 Å². The number of H-pyrrole nitrogens is 1. The average molecular weight is 492 g/mol. The van der Waals surface area contributed by atoms with Crippen molar-refractivity contribution in [1.82, 2.24) is 9.88 Å². The van der Waals surface area contributed by atoms with Crippen molar-refractivity contribution in [2.45, 2.75) is 13.1 Å². The number of carbonyl (C=O) groups is 1. The van der Waals surface area contributed by atoms with Gasteiger partial charge in [0.05, 0.1) is 33.4 Å². The van der Waals surface area contributed by atoms with Crippen LogP contribution in [0.1, 0.15) is 11.1 Å².